The monoisotopic (exact) mass is 261 g/mol. The highest BCUT2D eigenvalue weighted by atomic mass is 79.9. The van der Waals surface area contributed by atoms with Gasteiger partial charge in [0.1, 0.15) is 0 Å². The van der Waals surface area contributed by atoms with Crippen molar-refractivity contribution in [1.82, 2.24) is 10.2 Å². The molecule has 0 saturated carbocycles. The molecule has 0 spiro atoms. The zero-order valence-corrected chi connectivity index (χ0v) is 9.45. The van der Waals surface area contributed by atoms with E-state index < -0.39 is 0 Å². The van der Waals surface area contributed by atoms with E-state index in [1.54, 1.807) is 6.08 Å². The first-order chi connectivity index (χ1) is 7.31. The van der Waals surface area contributed by atoms with Crippen LogP contribution < -0.4 is 0 Å². The molecule has 1 heterocycles. The molecule has 0 bridgehead atoms. The number of fused-ring (bicyclic) bond motifs is 1. The first-order valence-corrected chi connectivity index (χ1v) is 5.27. The van der Waals surface area contributed by atoms with Crippen molar-refractivity contribution in [3.63, 3.8) is 0 Å². The van der Waals surface area contributed by atoms with Crippen LogP contribution in [0, 0.1) is 11.3 Å². The zero-order valence-electron chi connectivity index (χ0n) is 7.87. The number of nitrogens with zero attached hydrogens (tertiary/aromatic N) is 2. The second-order valence-corrected chi connectivity index (χ2v) is 3.98. The van der Waals surface area contributed by atoms with E-state index in [0.717, 1.165) is 21.1 Å². The molecule has 2 aromatic rings. The third-order valence-electron chi connectivity index (χ3n) is 2.04. The van der Waals surface area contributed by atoms with Gasteiger partial charge in [0.2, 0.25) is 0 Å². The lowest BCUT2D eigenvalue weighted by Crippen LogP contribution is -1.71. The van der Waals surface area contributed by atoms with Gasteiger partial charge in [-0.2, -0.15) is 10.4 Å². The SMILES string of the molecule is N#CCC=Cc1n[nH]c2cc(Br)ccc12. The highest BCUT2D eigenvalue weighted by molar-refractivity contribution is 9.10. The molecule has 2 rings (SSSR count). The van der Waals surface area contributed by atoms with E-state index in [0.29, 0.717) is 6.42 Å². The topological polar surface area (TPSA) is 52.5 Å². The fraction of sp³-hybridized carbons (Fsp3) is 0.0909. The lowest BCUT2D eigenvalue weighted by atomic mass is 10.2. The van der Waals surface area contributed by atoms with Crippen LogP contribution in [0.5, 0.6) is 0 Å². The molecular formula is C11H8BrN3. The van der Waals surface area contributed by atoms with Crippen molar-refractivity contribution in [2.45, 2.75) is 6.42 Å². The third-order valence-corrected chi connectivity index (χ3v) is 2.53. The van der Waals surface area contributed by atoms with Crippen molar-refractivity contribution in [3.05, 3.63) is 34.4 Å². The Morgan fingerprint density at radius 3 is 3.20 bits per heavy atom. The molecule has 15 heavy (non-hydrogen) atoms. The van der Waals surface area contributed by atoms with Gasteiger partial charge in [0.25, 0.3) is 0 Å². The molecule has 0 unspecified atom stereocenters. The van der Waals surface area contributed by atoms with Crippen LogP contribution in [0.2, 0.25) is 0 Å². The lowest BCUT2D eigenvalue weighted by molar-refractivity contribution is 1.10. The molecule has 1 aromatic carbocycles. The summed E-state index contributed by atoms with van der Waals surface area (Å²) in [5, 5.41) is 16.6. The van der Waals surface area contributed by atoms with Crippen LogP contribution in [0.3, 0.4) is 0 Å². The summed E-state index contributed by atoms with van der Waals surface area (Å²) in [4.78, 5) is 0. The largest absolute Gasteiger partial charge is 0.277 e. The predicted octanol–water partition coefficient (Wildman–Crippen LogP) is 3.25. The number of hydrogen-bond donors (Lipinski definition) is 1. The minimum Gasteiger partial charge on any atom is -0.277 e. The van der Waals surface area contributed by atoms with E-state index in [4.69, 9.17) is 5.26 Å². The second kappa shape index (κ2) is 4.28. The highest BCUT2D eigenvalue weighted by Crippen LogP contribution is 2.21. The number of allylic oxidation sites excluding steroid dienone is 1. The Labute approximate surface area is 95.5 Å². The number of nitriles is 1. The molecule has 1 aromatic heterocycles. The maximum atomic E-state index is 8.41. The lowest BCUT2D eigenvalue weighted by Gasteiger charge is -1.90. The van der Waals surface area contributed by atoms with Gasteiger partial charge in [-0.1, -0.05) is 22.0 Å². The molecule has 0 fully saturated rings. The first kappa shape index (κ1) is 9.94. The number of benzene rings is 1. The molecule has 0 amide bonds. The Balaban J connectivity index is 2.42. The fourth-order valence-electron chi connectivity index (χ4n) is 1.36. The summed E-state index contributed by atoms with van der Waals surface area (Å²) < 4.78 is 1.02. The maximum absolute atomic E-state index is 8.41. The zero-order chi connectivity index (χ0) is 10.7. The summed E-state index contributed by atoms with van der Waals surface area (Å²) in [5.74, 6) is 0. The molecule has 1 N–H and O–H groups in total. The predicted molar refractivity (Wildman–Crippen MR) is 63.1 cm³/mol. The van der Waals surface area contributed by atoms with Crippen LogP contribution in [0.15, 0.2) is 28.7 Å². The molecule has 3 nitrogen and oxygen atoms in total. The summed E-state index contributed by atoms with van der Waals surface area (Å²) in [5.41, 5.74) is 1.86. The van der Waals surface area contributed by atoms with Gasteiger partial charge >= 0.3 is 0 Å². The summed E-state index contributed by atoms with van der Waals surface area (Å²) in [6.07, 6.45) is 4.07. The van der Waals surface area contributed by atoms with Gasteiger partial charge in [-0.25, -0.2) is 0 Å². The number of aromatic amines is 1. The number of hydrogen-bond acceptors (Lipinski definition) is 2. The molecule has 0 aliphatic heterocycles. The van der Waals surface area contributed by atoms with Crippen LogP contribution in [0.1, 0.15) is 12.1 Å². The van der Waals surface area contributed by atoms with Gasteiger partial charge in [0, 0.05) is 9.86 Å². The second-order valence-electron chi connectivity index (χ2n) is 3.06. The molecule has 0 aliphatic carbocycles. The van der Waals surface area contributed by atoms with Crippen LogP contribution in [-0.2, 0) is 0 Å². The Bertz CT molecular complexity index is 548. The van der Waals surface area contributed by atoms with Crippen LogP contribution >= 0.6 is 15.9 Å². The Kier molecular flexibility index (Phi) is 2.84. The average Bonchev–Trinajstić information content (AvgIpc) is 2.61. The van der Waals surface area contributed by atoms with Crippen molar-refractivity contribution in [3.8, 4) is 6.07 Å². The number of nitrogens with one attached hydrogen (secondary N) is 1. The molecule has 74 valence electrons. The van der Waals surface area contributed by atoms with Gasteiger partial charge in [0.15, 0.2) is 0 Å². The van der Waals surface area contributed by atoms with Gasteiger partial charge in [-0.3, -0.25) is 5.10 Å². The van der Waals surface area contributed by atoms with E-state index in [1.807, 2.05) is 24.3 Å². The molecule has 0 aliphatic rings. The van der Waals surface area contributed by atoms with Crippen LogP contribution in [0.4, 0.5) is 0 Å². The smallest absolute Gasteiger partial charge is 0.0924 e. The van der Waals surface area contributed by atoms with E-state index in [1.165, 1.54) is 0 Å². The van der Waals surface area contributed by atoms with Gasteiger partial charge in [0.05, 0.1) is 23.7 Å². The summed E-state index contributed by atoms with van der Waals surface area (Å²) in [6, 6.07) is 8.00. The van der Waals surface area contributed by atoms with Crippen molar-refractivity contribution in [2.24, 2.45) is 0 Å². The standard InChI is InChI=1S/C11H8BrN3/c12-8-4-5-9-10(3-1-2-6-13)14-15-11(9)7-8/h1,3-5,7H,2H2,(H,14,15). The number of halogens is 1. The van der Waals surface area contributed by atoms with Gasteiger partial charge in [-0.15, -0.1) is 0 Å². The quantitative estimate of drug-likeness (QED) is 0.903. The summed E-state index contributed by atoms with van der Waals surface area (Å²) in [7, 11) is 0. The fourth-order valence-corrected chi connectivity index (χ4v) is 1.72. The molecular weight excluding hydrogens is 254 g/mol. The molecule has 0 radical (unpaired) electrons. The Morgan fingerprint density at radius 2 is 2.40 bits per heavy atom. The number of H-pyrrole nitrogens is 1. The minimum absolute atomic E-state index is 0.408. The number of rotatable bonds is 2. The van der Waals surface area contributed by atoms with E-state index >= 15 is 0 Å². The summed E-state index contributed by atoms with van der Waals surface area (Å²) >= 11 is 3.40. The average molecular weight is 262 g/mol. The third kappa shape index (κ3) is 2.08. The summed E-state index contributed by atoms with van der Waals surface area (Å²) in [6.45, 7) is 0. The van der Waals surface area contributed by atoms with Crippen LogP contribution in [0.25, 0.3) is 17.0 Å². The molecule has 0 atom stereocenters. The van der Waals surface area contributed by atoms with E-state index in [2.05, 4.69) is 32.2 Å². The molecule has 0 saturated heterocycles. The van der Waals surface area contributed by atoms with Gasteiger partial charge in [-0.05, 0) is 24.3 Å². The normalized spacial score (nSPS) is 10.9. The Morgan fingerprint density at radius 1 is 1.53 bits per heavy atom. The minimum atomic E-state index is 0.408. The first-order valence-electron chi connectivity index (χ1n) is 4.48. The van der Waals surface area contributed by atoms with Crippen molar-refractivity contribution in [2.75, 3.05) is 0 Å². The van der Waals surface area contributed by atoms with E-state index in [-0.39, 0.29) is 0 Å². The van der Waals surface area contributed by atoms with Crippen molar-refractivity contribution < 1.29 is 0 Å². The molecule has 4 heteroatoms. The number of aromatic nitrogens is 2. The van der Waals surface area contributed by atoms with E-state index in [9.17, 15) is 0 Å². The van der Waals surface area contributed by atoms with Crippen molar-refractivity contribution in [1.29, 1.82) is 5.26 Å². The van der Waals surface area contributed by atoms with Crippen LogP contribution in [-0.4, -0.2) is 10.2 Å². The van der Waals surface area contributed by atoms with Crippen molar-refractivity contribution >= 4 is 32.9 Å². The van der Waals surface area contributed by atoms with Gasteiger partial charge < -0.3 is 0 Å². The maximum Gasteiger partial charge on any atom is 0.0924 e. The highest BCUT2D eigenvalue weighted by Gasteiger charge is 2.01. The Hall–Kier alpha value is -1.60.